The van der Waals surface area contributed by atoms with Crippen LogP contribution in [0.5, 0.6) is 5.75 Å². The van der Waals surface area contributed by atoms with E-state index in [1.807, 2.05) is 6.92 Å². The third kappa shape index (κ3) is 6.57. The Bertz CT molecular complexity index is 1090. The predicted molar refractivity (Wildman–Crippen MR) is 128 cm³/mol. The second-order valence-electron chi connectivity index (χ2n) is 8.92. The van der Waals surface area contributed by atoms with E-state index in [1.54, 1.807) is 34.8 Å². The van der Waals surface area contributed by atoms with Gasteiger partial charge >= 0.3 is 0 Å². The molecule has 0 saturated heterocycles. The highest BCUT2D eigenvalue weighted by atomic mass is 32.2. The Morgan fingerprint density at radius 1 is 1.37 bits per heavy atom. The lowest BCUT2D eigenvalue weighted by Crippen LogP contribution is -2.47. The van der Waals surface area contributed by atoms with Gasteiger partial charge in [0.05, 0.1) is 49.3 Å². The van der Waals surface area contributed by atoms with Gasteiger partial charge in [0.15, 0.2) is 0 Å². The van der Waals surface area contributed by atoms with Gasteiger partial charge < -0.3 is 19.5 Å². The maximum absolute atomic E-state index is 13.3. The molecule has 2 heterocycles. The molecule has 2 aromatic rings. The number of hydrogen-bond acceptors (Lipinski definition) is 8. The van der Waals surface area contributed by atoms with Crippen molar-refractivity contribution in [3.8, 4) is 5.75 Å². The summed E-state index contributed by atoms with van der Waals surface area (Å²) in [6, 6.07) is 5.94. The van der Waals surface area contributed by atoms with Crippen LogP contribution in [-0.4, -0.2) is 89.6 Å². The Hall–Kier alpha value is -2.54. The van der Waals surface area contributed by atoms with Crippen molar-refractivity contribution in [3.63, 3.8) is 0 Å². The third-order valence-electron chi connectivity index (χ3n) is 6.33. The van der Waals surface area contributed by atoms with Crippen LogP contribution in [0.3, 0.4) is 0 Å². The number of aryl methyl sites for hydroxylation is 1. The van der Waals surface area contributed by atoms with Crippen LogP contribution in [0.25, 0.3) is 0 Å². The molecular weight excluding hydrogens is 474 g/mol. The van der Waals surface area contributed by atoms with Crippen LogP contribution in [0.4, 0.5) is 0 Å². The fraction of sp³-hybridized carbons (Fsp3) is 0.609. The molecule has 0 saturated carbocycles. The number of aliphatic hydroxyl groups excluding tert-OH is 1. The number of hydrogen-bond donors (Lipinski definition) is 1. The van der Waals surface area contributed by atoms with Gasteiger partial charge in [-0.1, -0.05) is 18.2 Å². The summed E-state index contributed by atoms with van der Waals surface area (Å²) in [5.74, 6) is 0.152. The van der Waals surface area contributed by atoms with Crippen LogP contribution >= 0.6 is 0 Å². The summed E-state index contributed by atoms with van der Waals surface area (Å²) in [7, 11) is -0.829. The standard InChI is InChI=1S/C23H35N5O6S/c1-17-13-27(18(2)15-29)23(30)9-6-10-28-19(12-24-25-28)16-34-22(17)14-26(3)35(31,32)21-8-5-7-20(11-21)33-4/h5,7-8,11-12,17-18,22,29H,6,9-10,13-16H2,1-4H3/t17-,18+,22-/m1/s1. The first-order valence-corrected chi connectivity index (χ1v) is 13.1. The molecule has 0 bridgehead atoms. The van der Waals surface area contributed by atoms with Gasteiger partial charge in [0.25, 0.3) is 0 Å². The number of benzene rings is 1. The molecule has 3 atom stereocenters. The minimum Gasteiger partial charge on any atom is -0.497 e. The number of sulfonamides is 1. The lowest BCUT2D eigenvalue weighted by atomic mass is 10.0. The number of aromatic nitrogens is 3. The molecule has 1 N–H and O–H groups in total. The molecule has 1 aliphatic rings. The SMILES string of the molecule is COc1cccc(S(=O)(=O)N(C)C[C@H]2OCc3cnnn3CCCC(=O)N([C@@H](C)CO)C[C@H]2C)c1. The lowest BCUT2D eigenvalue weighted by molar-refractivity contribution is -0.136. The maximum atomic E-state index is 13.3. The number of amides is 1. The van der Waals surface area contributed by atoms with Crippen LogP contribution in [-0.2, 0) is 32.7 Å². The molecule has 3 rings (SSSR count). The van der Waals surface area contributed by atoms with Crippen molar-refractivity contribution in [1.82, 2.24) is 24.2 Å². The van der Waals surface area contributed by atoms with E-state index < -0.39 is 16.1 Å². The molecule has 0 aliphatic carbocycles. The van der Waals surface area contributed by atoms with Crippen molar-refractivity contribution in [2.24, 2.45) is 5.92 Å². The zero-order valence-corrected chi connectivity index (χ0v) is 21.5. The molecule has 11 nitrogen and oxygen atoms in total. The number of likely N-dealkylation sites (N-methyl/N-ethyl adjacent to an activating group) is 1. The van der Waals surface area contributed by atoms with E-state index in [4.69, 9.17) is 9.47 Å². The van der Waals surface area contributed by atoms with E-state index in [0.29, 0.717) is 31.7 Å². The van der Waals surface area contributed by atoms with Gasteiger partial charge in [-0.05, 0) is 25.5 Å². The monoisotopic (exact) mass is 509 g/mol. The molecule has 12 heteroatoms. The van der Waals surface area contributed by atoms with Gasteiger partial charge in [-0.15, -0.1) is 5.10 Å². The number of carbonyl (C=O) groups excluding carboxylic acids is 1. The molecule has 1 aromatic carbocycles. The van der Waals surface area contributed by atoms with Gasteiger partial charge in [-0.25, -0.2) is 13.1 Å². The van der Waals surface area contributed by atoms with Crippen molar-refractivity contribution in [2.75, 3.05) is 33.9 Å². The largest absolute Gasteiger partial charge is 0.497 e. The second kappa shape index (κ2) is 11.9. The second-order valence-corrected chi connectivity index (χ2v) is 11.0. The minimum absolute atomic E-state index is 0.0673. The number of nitrogens with zero attached hydrogens (tertiary/aromatic N) is 5. The van der Waals surface area contributed by atoms with E-state index in [9.17, 15) is 18.3 Å². The van der Waals surface area contributed by atoms with E-state index in [0.717, 1.165) is 5.69 Å². The molecule has 0 radical (unpaired) electrons. The normalized spacial score (nSPS) is 21.2. The van der Waals surface area contributed by atoms with E-state index in [1.165, 1.54) is 30.6 Å². The maximum Gasteiger partial charge on any atom is 0.243 e. The zero-order valence-electron chi connectivity index (χ0n) is 20.7. The molecule has 0 spiro atoms. The summed E-state index contributed by atoms with van der Waals surface area (Å²) >= 11 is 0. The average molecular weight is 510 g/mol. The van der Waals surface area contributed by atoms with Crippen molar-refractivity contribution < 1.29 is 27.8 Å². The Morgan fingerprint density at radius 3 is 2.86 bits per heavy atom. The number of carbonyl (C=O) groups is 1. The first kappa shape index (κ1) is 27.1. The van der Waals surface area contributed by atoms with Crippen molar-refractivity contribution in [1.29, 1.82) is 0 Å². The molecule has 194 valence electrons. The van der Waals surface area contributed by atoms with Crippen LogP contribution in [0.2, 0.25) is 0 Å². The van der Waals surface area contributed by atoms with Crippen molar-refractivity contribution >= 4 is 15.9 Å². The van der Waals surface area contributed by atoms with Gasteiger partial charge in [0.1, 0.15) is 5.75 Å². The summed E-state index contributed by atoms with van der Waals surface area (Å²) in [5, 5.41) is 17.8. The highest BCUT2D eigenvalue weighted by molar-refractivity contribution is 7.89. The van der Waals surface area contributed by atoms with Crippen molar-refractivity contribution in [2.45, 2.75) is 56.9 Å². The summed E-state index contributed by atoms with van der Waals surface area (Å²) in [5.41, 5.74) is 0.758. The average Bonchev–Trinajstić information content (AvgIpc) is 3.30. The molecule has 1 amide bonds. The summed E-state index contributed by atoms with van der Waals surface area (Å²) in [4.78, 5) is 14.7. The molecule has 0 fully saturated rings. The lowest BCUT2D eigenvalue weighted by Gasteiger charge is -2.35. The molecule has 0 unspecified atom stereocenters. The quantitative estimate of drug-likeness (QED) is 0.589. The fourth-order valence-electron chi connectivity index (χ4n) is 4.04. The van der Waals surface area contributed by atoms with Crippen LogP contribution in [0.1, 0.15) is 32.4 Å². The Balaban J connectivity index is 1.87. The van der Waals surface area contributed by atoms with Gasteiger partial charge in [-0.2, -0.15) is 4.31 Å². The Morgan fingerprint density at radius 2 is 2.14 bits per heavy atom. The smallest absolute Gasteiger partial charge is 0.243 e. The van der Waals surface area contributed by atoms with Crippen molar-refractivity contribution in [3.05, 3.63) is 36.2 Å². The number of methoxy groups -OCH3 is 1. The van der Waals surface area contributed by atoms with Gasteiger partial charge in [0, 0.05) is 45.1 Å². The van der Waals surface area contributed by atoms with Crippen LogP contribution in [0, 0.1) is 5.92 Å². The van der Waals surface area contributed by atoms with Crippen LogP contribution in [0.15, 0.2) is 35.4 Å². The molecule has 1 aromatic heterocycles. The van der Waals surface area contributed by atoms with Gasteiger partial charge in [-0.3, -0.25) is 4.79 Å². The molecule has 35 heavy (non-hydrogen) atoms. The molecule has 1 aliphatic heterocycles. The Labute approximate surface area is 206 Å². The highest BCUT2D eigenvalue weighted by Gasteiger charge is 2.31. The first-order chi connectivity index (χ1) is 16.7. The number of ether oxygens (including phenoxy) is 2. The number of aliphatic hydroxyl groups is 1. The number of fused-ring (bicyclic) bond motifs is 1. The zero-order chi connectivity index (χ0) is 25.6. The van der Waals surface area contributed by atoms with Crippen LogP contribution < -0.4 is 4.74 Å². The Kier molecular flexibility index (Phi) is 9.22. The summed E-state index contributed by atoms with van der Waals surface area (Å²) in [6.45, 7) is 4.66. The first-order valence-electron chi connectivity index (χ1n) is 11.7. The topological polar surface area (TPSA) is 127 Å². The van der Waals surface area contributed by atoms with Gasteiger partial charge in [0.2, 0.25) is 15.9 Å². The fourth-order valence-corrected chi connectivity index (χ4v) is 5.26. The molecular formula is C23H35N5O6S. The predicted octanol–water partition coefficient (Wildman–Crippen LogP) is 1.13. The summed E-state index contributed by atoms with van der Waals surface area (Å²) < 4.78 is 40.9. The summed E-state index contributed by atoms with van der Waals surface area (Å²) in [6.07, 6.45) is 1.98. The highest BCUT2D eigenvalue weighted by Crippen LogP contribution is 2.23. The van der Waals surface area contributed by atoms with E-state index in [-0.39, 0.29) is 42.5 Å². The van der Waals surface area contributed by atoms with E-state index >= 15 is 0 Å². The number of rotatable bonds is 7. The third-order valence-corrected chi connectivity index (χ3v) is 8.15. The minimum atomic E-state index is -3.82. The van der Waals surface area contributed by atoms with E-state index in [2.05, 4.69) is 10.3 Å².